The minimum Gasteiger partial charge on any atom is -0.490 e. The van der Waals surface area contributed by atoms with Gasteiger partial charge in [0.15, 0.2) is 0 Å². The van der Waals surface area contributed by atoms with Crippen LogP contribution >= 0.6 is 15.9 Å². The van der Waals surface area contributed by atoms with Crippen LogP contribution in [0.25, 0.3) is 0 Å². The van der Waals surface area contributed by atoms with E-state index in [4.69, 9.17) is 4.74 Å². The van der Waals surface area contributed by atoms with Crippen molar-refractivity contribution in [1.82, 2.24) is 0 Å². The highest BCUT2D eigenvalue weighted by molar-refractivity contribution is 9.10. The van der Waals surface area contributed by atoms with Gasteiger partial charge >= 0.3 is 5.97 Å². The first-order chi connectivity index (χ1) is 9.97. The third-order valence-electron chi connectivity index (χ3n) is 3.97. The number of benzene rings is 1. The fraction of sp³-hybridized carbons (Fsp3) is 0.562. The number of carboxylic acid groups (broad SMARTS) is 1. The van der Waals surface area contributed by atoms with E-state index in [-0.39, 0.29) is 12.2 Å². The molecule has 0 spiro atoms. The lowest BCUT2D eigenvalue weighted by Gasteiger charge is -2.18. The average molecular weight is 357 g/mol. The quantitative estimate of drug-likeness (QED) is 0.813. The second kappa shape index (κ2) is 7.27. The Kier molecular flexibility index (Phi) is 5.65. The van der Waals surface area contributed by atoms with Gasteiger partial charge in [0.2, 0.25) is 0 Å². The topological polar surface area (TPSA) is 66.8 Å². The molecule has 1 aliphatic carbocycles. The zero-order chi connectivity index (χ0) is 15.4. The largest absolute Gasteiger partial charge is 0.490 e. The molecule has 116 valence electrons. The minimum atomic E-state index is -1.03. The number of ether oxygens (including phenoxy) is 1. The molecule has 1 aromatic rings. The van der Waals surface area contributed by atoms with Crippen LogP contribution in [0.2, 0.25) is 0 Å². The highest BCUT2D eigenvalue weighted by Crippen LogP contribution is 2.30. The Bertz CT molecular complexity index is 509. The number of carboxylic acids is 1. The van der Waals surface area contributed by atoms with Gasteiger partial charge in [0.25, 0.3) is 0 Å². The van der Waals surface area contributed by atoms with Crippen molar-refractivity contribution in [1.29, 1.82) is 0 Å². The van der Waals surface area contributed by atoms with E-state index in [0.717, 1.165) is 12.0 Å². The first kappa shape index (κ1) is 16.3. The summed E-state index contributed by atoms with van der Waals surface area (Å²) in [5.41, 5.74) is 0.866. The molecule has 2 rings (SSSR count). The molecule has 0 radical (unpaired) electrons. The summed E-state index contributed by atoms with van der Waals surface area (Å²) >= 11 is 3.29. The predicted octanol–water partition coefficient (Wildman–Crippen LogP) is 3.78. The molecule has 21 heavy (non-hydrogen) atoms. The predicted molar refractivity (Wildman–Crippen MR) is 83.9 cm³/mol. The number of hydrogen-bond donors (Lipinski definition) is 2. The first-order valence-electron chi connectivity index (χ1n) is 7.31. The second-order valence-corrected chi connectivity index (χ2v) is 6.67. The summed E-state index contributed by atoms with van der Waals surface area (Å²) in [6.07, 6.45) is 5.03. The van der Waals surface area contributed by atoms with Gasteiger partial charge in [-0.1, -0.05) is 41.6 Å². The van der Waals surface area contributed by atoms with Crippen molar-refractivity contribution in [3.8, 4) is 5.75 Å². The molecule has 4 nitrogen and oxygen atoms in total. The van der Waals surface area contributed by atoms with Crippen molar-refractivity contribution in [2.24, 2.45) is 5.92 Å². The number of aliphatic hydroxyl groups is 1. The van der Waals surface area contributed by atoms with Crippen molar-refractivity contribution in [3.05, 3.63) is 27.7 Å². The van der Waals surface area contributed by atoms with Crippen molar-refractivity contribution in [2.45, 2.75) is 45.1 Å². The lowest BCUT2D eigenvalue weighted by molar-refractivity contribution is 0.0671. The molecule has 0 saturated heterocycles. The summed E-state index contributed by atoms with van der Waals surface area (Å²) in [7, 11) is 0. The number of rotatable bonds is 6. The molecular weight excluding hydrogens is 336 g/mol. The highest BCUT2D eigenvalue weighted by Gasteiger charge is 2.21. The smallest absolute Gasteiger partial charge is 0.339 e. The molecule has 1 fully saturated rings. The Morgan fingerprint density at radius 2 is 2.10 bits per heavy atom. The molecule has 2 N–H and O–H groups in total. The normalized spacial score (nSPS) is 16.9. The SMILES string of the molecule is Cc1cc(Br)cc(C(=O)O)c1OCC(O)CC1CCCC1. The van der Waals surface area contributed by atoms with Gasteiger partial charge in [-0.25, -0.2) is 4.79 Å². The summed E-state index contributed by atoms with van der Waals surface area (Å²) < 4.78 is 6.31. The van der Waals surface area contributed by atoms with Crippen molar-refractivity contribution in [3.63, 3.8) is 0 Å². The maximum atomic E-state index is 11.3. The molecule has 0 bridgehead atoms. The zero-order valence-electron chi connectivity index (χ0n) is 12.1. The zero-order valence-corrected chi connectivity index (χ0v) is 13.7. The van der Waals surface area contributed by atoms with Crippen molar-refractivity contribution in [2.75, 3.05) is 6.61 Å². The van der Waals surface area contributed by atoms with Gasteiger partial charge in [0.05, 0.1) is 6.10 Å². The monoisotopic (exact) mass is 356 g/mol. The third kappa shape index (κ3) is 4.45. The number of carbonyl (C=O) groups is 1. The number of halogens is 1. The molecule has 0 aromatic heterocycles. The van der Waals surface area contributed by atoms with Crippen molar-refractivity contribution < 1.29 is 19.7 Å². The number of hydrogen-bond acceptors (Lipinski definition) is 3. The van der Waals surface area contributed by atoms with Gasteiger partial charge in [0, 0.05) is 4.47 Å². The van der Waals surface area contributed by atoms with E-state index in [1.807, 2.05) is 6.07 Å². The molecule has 0 aliphatic heterocycles. The van der Waals surface area contributed by atoms with Gasteiger partial charge < -0.3 is 14.9 Å². The van der Waals surface area contributed by atoms with E-state index >= 15 is 0 Å². The van der Waals surface area contributed by atoms with Gasteiger partial charge in [-0.15, -0.1) is 0 Å². The summed E-state index contributed by atoms with van der Waals surface area (Å²) in [4.78, 5) is 11.3. The van der Waals surface area contributed by atoms with Gasteiger partial charge in [-0.2, -0.15) is 0 Å². The third-order valence-corrected chi connectivity index (χ3v) is 4.43. The summed E-state index contributed by atoms with van der Waals surface area (Å²) in [6.45, 7) is 1.94. The van der Waals surface area contributed by atoms with E-state index in [0.29, 0.717) is 16.1 Å². The standard InChI is InChI=1S/C16H21BrO4/c1-10-6-12(17)8-14(16(19)20)15(10)21-9-13(18)7-11-4-2-3-5-11/h6,8,11,13,18H,2-5,7,9H2,1H3,(H,19,20). The summed E-state index contributed by atoms with van der Waals surface area (Å²) in [6, 6.07) is 3.33. The van der Waals surface area contributed by atoms with Crippen LogP contribution in [0, 0.1) is 12.8 Å². The summed E-state index contributed by atoms with van der Waals surface area (Å²) in [5, 5.41) is 19.3. The Hall–Kier alpha value is -1.07. The fourth-order valence-corrected chi connectivity index (χ4v) is 3.53. The van der Waals surface area contributed by atoms with Crippen LogP contribution < -0.4 is 4.74 Å². The van der Waals surface area contributed by atoms with Gasteiger partial charge in [-0.3, -0.25) is 0 Å². The van der Waals surface area contributed by atoms with E-state index in [1.54, 1.807) is 6.92 Å². The van der Waals surface area contributed by atoms with Crippen LogP contribution in [0.4, 0.5) is 0 Å². The highest BCUT2D eigenvalue weighted by atomic mass is 79.9. The Balaban J connectivity index is 2.00. The first-order valence-corrected chi connectivity index (χ1v) is 8.11. The van der Waals surface area contributed by atoms with E-state index in [1.165, 1.54) is 31.7 Å². The van der Waals surface area contributed by atoms with Gasteiger partial charge in [0.1, 0.15) is 17.9 Å². The molecular formula is C16H21BrO4. The molecule has 0 amide bonds. The molecule has 0 heterocycles. The van der Waals surface area contributed by atoms with E-state index in [2.05, 4.69) is 15.9 Å². The minimum absolute atomic E-state index is 0.120. The maximum Gasteiger partial charge on any atom is 0.339 e. The van der Waals surface area contributed by atoms with Crippen LogP contribution in [-0.4, -0.2) is 28.9 Å². The maximum absolute atomic E-state index is 11.3. The lowest BCUT2D eigenvalue weighted by atomic mass is 10.0. The Morgan fingerprint density at radius 3 is 2.71 bits per heavy atom. The molecule has 1 unspecified atom stereocenters. The number of aliphatic hydroxyl groups excluding tert-OH is 1. The van der Waals surface area contributed by atoms with Crippen LogP contribution in [-0.2, 0) is 0 Å². The van der Waals surface area contributed by atoms with Crippen LogP contribution in [0.5, 0.6) is 5.75 Å². The van der Waals surface area contributed by atoms with E-state index < -0.39 is 12.1 Å². The van der Waals surface area contributed by atoms with Gasteiger partial charge in [-0.05, 0) is 37.0 Å². The molecule has 1 saturated carbocycles. The number of aryl methyl sites for hydroxylation is 1. The second-order valence-electron chi connectivity index (χ2n) is 5.76. The number of aromatic carboxylic acids is 1. The average Bonchev–Trinajstić information content (AvgIpc) is 2.89. The molecule has 1 aliphatic rings. The van der Waals surface area contributed by atoms with Crippen molar-refractivity contribution >= 4 is 21.9 Å². The fourth-order valence-electron chi connectivity index (χ4n) is 2.96. The Morgan fingerprint density at radius 1 is 1.43 bits per heavy atom. The van der Waals surface area contributed by atoms with Crippen LogP contribution in [0.15, 0.2) is 16.6 Å². The lowest BCUT2D eigenvalue weighted by Crippen LogP contribution is -2.21. The molecule has 1 atom stereocenters. The Labute approximate surface area is 133 Å². The molecule has 1 aromatic carbocycles. The van der Waals surface area contributed by atoms with E-state index in [9.17, 15) is 15.0 Å². The summed E-state index contributed by atoms with van der Waals surface area (Å²) in [5.74, 6) is -0.107. The van der Waals surface area contributed by atoms with Crippen LogP contribution in [0.1, 0.15) is 48.0 Å². The molecule has 5 heteroatoms. The van der Waals surface area contributed by atoms with Crippen LogP contribution in [0.3, 0.4) is 0 Å².